The number of para-hydroxylation sites is 1. The van der Waals surface area contributed by atoms with Gasteiger partial charge in [-0.05, 0) is 61.5 Å². The number of nitrogens with one attached hydrogen (secondary N) is 1. The molecule has 3 aromatic carbocycles. The summed E-state index contributed by atoms with van der Waals surface area (Å²) >= 11 is 0. The van der Waals surface area contributed by atoms with Crippen LogP contribution in [0.4, 0.5) is 5.69 Å². The zero-order valence-electron chi connectivity index (χ0n) is 15.5. The number of carbonyl (C=O) groups excluding carboxylic acids is 1. The molecule has 1 aromatic heterocycles. The van der Waals surface area contributed by atoms with Gasteiger partial charge in [0.15, 0.2) is 0 Å². The fraction of sp³-hybridized carbons (Fsp3) is 0.0909. The number of imidazole rings is 1. The molecule has 1 atom stereocenters. The number of amides is 1. The summed E-state index contributed by atoms with van der Waals surface area (Å²) in [4.78, 5) is 17.8. The van der Waals surface area contributed by atoms with E-state index in [1.807, 2.05) is 55.5 Å². The molecule has 5 nitrogen and oxygen atoms in total. The smallest absolute Gasteiger partial charge is 0.255 e. The van der Waals surface area contributed by atoms with E-state index < -0.39 is 10.8 Å². The summed E-state index contributed by atoms with van der Waals surface area (Å²) < 4.78 is 13.6. The van der Waals surface area contributed by atoms with Gasteiger partial charge in [-0.1, -0.05) is 18.2 Å². The van der Waals surface area contributed by atoms with Crippen molar-refractivity contribution < 1.29 is 9.00 Å². The van der Waals surface area contributed by atoms with Gasteiger partial charge in [0.2, 0.25) is 0 Å². The predicted molar refractivity (Wildman–Crippen MR) is 113 cm³/mol. The second-order valence-electron chi connectivity index (χ2n) is 6.47. The maximum Gasteiger partial charge on any atom is 0.255 e. The van der Waals surface area contributed by atoms with Crippen molar-refractivity contribution in [1.82, 2.24) is 9.55 Å². The SMILES string of the molecule is Cc1nc2cc(NC(=O)c3ccc([S@@](C)=O)cc3)ccc2n1-c1ccccc1. The standard InChI is InChI=1S/C22H19N3O2S/c1-15-23-20-14-17(10-13-21(20)25(15)18-6-4-3-5-7-18)24-22(26)16-8-11-19(12-9-16)28(2)27/h3-14H,1-2H3,(H,24,26)/t28-/m1/s1. The van der Waals surface area contributed by atoms with Crippen LogP contribution >= 0.6 is 0 Å². The van der Waals surface area contributed by atoms with Crippen LogP contribution < -0.4 is 5.32 Å². The van der Waals surface area contributed by atoms with Gasteiger partial charge in [-0.15, -0.1) is 0 Å². The fourth-order valence-electron chi connectivity index (χ4n) is 3.18. The lowest BCUT2D eigenvalue weighted by atomic mass is 10.2. The summed E-state index contributed by atoms with van der Waals surface area (Å²) in [5, 5.41) is 2.90. The van der Waals surface area contributed by atoms with Gasteiger partial charge in [0.05, 0.1) is 11.0 Å². The minimum Gasteiger partial charge on any atom is -0.322 e. The fourth-order valence-corrected chi connectivity index (χ4v) is 3.70. The summed E-state index contributed by atoms with van der Waals surface area (Å²) in [5.74, 6) is 0.667. The highest BCUT2D eigenvalue weighted by Crippen LogP contribution is 2.24. The van der Waals surface area contributed by atoms with Crippen LogP contribution in [0.2, 0.25) is 0 Å². The molecular formula is C22H19N3O2S. The van der Waals surface area contributed by atoms with Gasteiger partial charge in [-0.2, -0.15) is 0 Å². The Labute approximate surface area is 165 Å². The Kier molecular flexibility index (Phi) is 4.79. The van der Waals surface area contributed by atoms with Crippen LogP contribution in [0.25, 0.3) is 16.7 Å². The van der Waals surface area contributed by atoms with E-state index in [1.54, 1.807) is 30.5 Å². The van der Waals surface area contributed by atoms with Crippen molar-refractivity contribution in [2.24, 2.45) is 0 Å². The van der Waals surface area contributed by atoms with Gasteiger partial charge in [-0.25, -0.2) is 4.98 Å². The van der Waals surface area contributed by atoms with Gasteiger partial charge >= 0.3 is 0 Å². The van der Waals surface area contributed by atoms with Crippen molar-refractivity contribution in [2.45, 2.75) is 11.8 Å². The number of nitrogens with zero attached hydrogens (tertiary/aromatic N) is 2. The molecule has 0 fully saturated rings. The molecule has 1 N–H and O–H groups in total. The molecule has 28 heavy (non-hydrogen) atoms. The Bertz CT molecular complexity index is 1180. The first-order valence-corrected chi connectivity index (χ1v) is 10.4. The van der Waals surface area contributed by atoms with E-state index in [0.717, 1.165) is 22.5 Å². The van der Waals surface area contributed by atoms with Gasteiger partial charge in [0.1, 0.15) is 5.82 Å². The Hall–Kier alpha value is -3.25. The highest BCUT2D eigenvalue weighted by molar-refractivity contribution is 7.84. The van der Waals surface area contributed by atoms with Gasteiger partial charge < -0.3 is 5.32 Å². The minimum atomic E-state index is -1.06. The maximum atomic E-state index is 12.5. The molecule has 4 rings (SSSR count). The average Bonchev–Trinajstić information content (AvgIpc) is 3.03. The number of hydrogen-bond acceptors (Lipinski definition) is 3. The molecule has 6 heteroatoms. The Morgan fingerprint density at radius 1 is 1.00 bits per heavy atom. The lowest BCUT2D eigenvalue weighted by Gasteiger charge is -2.08. The molecule has 0 aliphatic carbocycles. The molecule has 140 valence electrons. The first kappa shape index (κ1) is 18.1. The van der Waals surface area contributed by atoms with Crippen LogP contribution in [0.1, 0.15) is 16.2 Å². The van der Waals surface area contributed by atoms with Crippen LogP contribution in [-0.4, -0.2) is 25.9 Å². The Balaban J connectivity index is 1.62. The van der Waals surface area contributed by atoms with Crippen molar-refractivity contribution in [3.63, 3.8) is 0 Å². The monoisotopic (exact) mass is 389 g/mol. The Morgan fingerprint density at radius 3 is 2.39 bits per heavy atom. The van der Waals surface area contributed by atoms with E-state index in [0.29, 0.717) is 16.1 Å². The molecule has 1 amide bonds. The van der Waals surface area contributed by atoms with Crippen molar-refractivity contribution in [1.29, 1.82) is 0 Å². The molecule has 0 aliphatic heterocycles. The largest absolute Gasteiger partial charge is 0.322 e. The topological polar surface area (TPSA) is 64.0 Å². The number of fused-ring (bicyclic) bond motifs is 1. The molecule has 0 aliphatic rings. The molecule has 0 saturated heterocycles. The molecule has 1 heterocycles. The number of rotatable bonds is 4. The summed E-state index contributed by atoms with van der Waals surface area (Å²) in [6.07, 6.45) is 1.61. The highest BCUT2D eigenvalue weighted by atomic mass is 32.2. The van der Waals surface area contributed by atoms with Gasteiger partial charge in [0, 0.05) is 38.9 Å². The molecular weight excluding hydrogens is 370 g/mol. The molecule has 4 aromatic rings. The molecule has 0 saturated carbocycles. The van der Waals surface area contributed by atoms with Crippen molar-refractivity contribution in [3.8, 4) is 5.69 Å². The summed E-state index contributed by atoms with van der Waals surface area (Å²) in [7, 11) is -1.06. The zero-order valence-corrected chi connectivity index (χ0v) is 16.4. The number of benzene rings is 3. The molecule has 0 radical (unpaired) electrons. The van der Waals surface area contributed by atoms with Gasteiger partial charge in [-0.3, -0.25) is 13.6 Å². The van der Waals surface area contributed by atoms with Crippen molar-refractivity contribution >= 4 is 33.4 Å². The van der Waals surface area contributed by atoms with Crippen molar-refractivity contribution in [2.75, 3.05) is 11.6 Å². The Morgan fingerprint density at radius 2 is 1.71 bits per heavy atom. The van der Waals surface area contributed by atoms with Crippen LogP contribution in [0, 0.1) is 6.92 Å². The van der Waals surface area contributed by atoms with Gasteiger partial charge in [0.25, 0.3) is 5.91 Å². The molecule has 0 bridgehead atoms. The summed E-state index contributed by atoms with van der Waals surface area (Å²) in [5.41, 5.74) is 4.04. The number of aryl methyl sites for hydroxylation is 1. The third kappa shape index (κ3) is 3.46. The normalized spacial score (nSPS) is 12.1. The summed E-state index contributed by atoms with van der Waals surface area (Å²) in [6, 6.07) is 22.5. The first-order valence-electron chi connectivity index (χ1n) is 8.82. The zero-order chi connectivity index (χ0) is 19.7. The molecule has 0 unspecified atom stereocenters. The van der Waals surface area contributed by atoms with Crippen LogP contribution in [0.15, 0.2) is 77.7 Å². The second kappa shape index (κ2) is 7.40. The number of aromatic nitrogens is 2. The van der Waals surface area contributed by atoms with Crippen LogP contribution in [0.3, 0.4) is 0 Å². The summed E-state index contributed by atoms with van der Waals surface area (Å²) in [6.45, 7) is 1.96. The van der Waals surface area contributed by atoms with E-state index in [2.05, 4.69) is 14.9 Å². The lowest BCUT2D eigenvalue weighted by Crippen LogP contribution is -2.11. The quantitative estimate of drug-likeness (QED) is 0.565. The van der Waals surface area contributed by atoms with Crippen LogP contribution in [0.5, 0.6) is 0 Å². The second-order valence-corrected chi connectivity index (χ2v) is 7.85. The number of hydrogen-bond donors (Lipinski definition) is 1. The van der Waals surface area contributed by atoms with E-state index >= 15 is 0 Å². The van der Waals surface area contributed by atoms with E-state index in [4.69, 9.17) is 0 Å². The lowest BCUT2D eigenvalue weighted by molar-refractivity contribution is 0.102. The first-order chi connectivity index (χ1) is 13.5. The average molecular weight is 389 g/mol. The van der Waals surface area contributed by atoms with E-state index in [1.165, 1.54) is 0 Å². The van der Waals surface area contributed by atoms with Crippen LogP contribution in [-0.2, 0) is 10.8 Å². The number of anilines is 1. The van der Waals surface area contributed by atoms with E-state index in [9.17, 15) is 9.00 Å². The highest BCUT2D eigenvalue weighted by Gasteiger charge is 2.12. The molecule has 0 spiro atoms. The minimum absolute atomic E-state index is 0.216. The number of carbonyl (C=O) groups is 1. The predicted octanol–water partition coefficient (Wildman–Crippen LogP) is 4.32. The maximum absolute atomic E-state index is 12.5. The third-order valence-corrected chi connectivity index (χ3v) is 5.48. The third-order valence-electron chi connectivity index (χ3n) is 4.54. The van der Waals surface area contributed by atoms with E-state index in [-0.39, 0.29) is 5.91 Å². The van der Waals surface area contributed by atoms with Crippen molar-refractivity contribution in [3.05, 3.63) is 84.2 Å².